The third-order valence-electron chi connectivity index (χ3n) is 3.65. The van der Waals surface area contributed by atoms with Crippen molar-refractivity contribution in [3.05, 3.63) is 0 Å². The molecule has 0 aliphatic heterocycles. The molecule has 1 rings (SSSR count). The van der Waals surface area contributed by atoms with Crippen molar-refractivity contribution in [3.63, 3.8) is 0 Å². The normalized spacial score (nSPS) is 26.6. The fourth-order valence-electron chi connectivity index (χ4n) is 3.41. The van der Waals surface area contributed by atoms with Crippen molar-refractivity contribution in [1.29, 1.82) is 0 Å². The molecule has 0 aromatic carbocycles. The minimum atomic E-state index is 0.502. The summed E-state index contributed by atoms with van der Waals surface area (Å²) in [5.41, 5.74) is 1.00. The second kappa shape index (κ2) is 5.30. The molecule has 16 heavy (non-hydrogen) atoms. The van der Waals surface area contributed by atoms with E-state index in [0.717, 1.165) is 11.8 Å². The van der Waals surface area contributed by atoms with Crippen LogP contribution in [0.1, 0.15) is 53.9 Å². The maximum Gasteiger partial charge on any atom is 0.0141 e. The van der Waals surface area contributed by atoms with Crippen molar-refractivity contribution in [3.8, 4) is 0 Å². The molecule has 1 unspecified atom stereocenters. The van der Waals surface area contributed by atoms with Gasteiger partial charge in [0.05, 0.1) is 0 Å². The lowest BCUT2D eigenvalue weighted by Gasteiger charge is -2.45. The number of nitrogens with one attached hydrogen (secondary N) is 1. The Morgan fingerprint density at radius 2 is 1.69 bits per heavy atom. The van der Waals surface area contributed by atoms with Crippen LogP contribution < -0.4 is 5.32 Å². The Labute approximate surface area is 106 Å². The molecular weight excluding hydrogens is 214 g/mol. The second-order valence-electron chi connectivity index (χ2n) is 7.06. The van der Waals surface area contributed by atoms with Gasteiger partial charge in [-0.25, -0.2) is 0 Å². The zero-order chi connectivity index (χ0) is 12.4. The molecule has 0 radical (unpaired) electrons. The average molecular weight is 243 g/mol. The van der Waals surface area contributed by atoms with E-state index in [1.54, 1.807) is 0 Å². The van der Waals surface area contributed by atoms with E-state index in [-0.39, 0.29) is 0 Å². The standard InChI is InChI=1S/C14H29NS/c1-11(16-6)9-15-12-7-13(2,3)10-14(4,5)8-12/h11-12,15H,7-10H2,1-6H3. The van der Waals surface area contributed by atoms with Gasteiger partial charge in [0.1, 0.15) is 0 Å². The predicted molar refractivity (Wildman–Crippen MR) is 76.2 cm³/mol. The van der Waals surface area contributed by atoms with Crippen molar-refractivity contribution in [2.45, 2.75) is 65.2 Å². The van der Waals surface area contributed by atoms with Crippen molar-refractivity contribution >= 4 is 11.8 Å². The molecule has 0 heterocycles. The molecule has 1 nitrogen and oxygen atoms in total. The van der Waals surface area contributed by atoms with Crippen LogP contribution in [0.5, 0.6) is 0 Å². The van der Waals surface area contributed by atoms with Crippen molar-refractivity contribution in [1.82, 2.24) is 5.32 Å². The molecule has 1 saturated carbocycles. The van der Waals surface area contributed by atoms with Gasteiger partial charge >= 0.3 is 0 Å². The van der Waals surface area contributed by atoms with E-state index in [9.17, 15) is 0 Å². The van der Waals surface area contributed by atoms with Crippen molar-refractivity contribution in [2.24, 2.45) is 10.8 Å². The van der Waals surface area contributed by atoms with E-state index >= 15 is 0 Å². The maximum atomic E-state index is 3.76. The summed E-state index contributed by atoms with van der Waals surface area (Å²) in [6, 6.07) is 0.716. The zero-order valence-corrected chi connectivity index (χ0v) is 12.7. The van der Waals surface area contributed by atoms with Crippen molar-refractivity contribution < 1.29 is 0 Å². The Bertz CT molecular complexity index is 207. The molecule has 0 aromatic rings. The SMILES string of the molecule is CSC(C)CNC1CC(C)(C)CC(C)(C)C1. The monoisotopic (exact) mass is 243 g/mol. The molecule has 0 saturated heterocycles. The van der Waals surface area contributed by atoms with E-state index in [4.69, 9.17) is 0 Å². The lowest BCUT2D eigenvalue weighted by molar-refractivity contribution is 0.0854. The Morgan fingerprint density at radius 1 is 1.19 bits per heavy atom. The van der Waals surface area contributed by atoms with Gasteiger partial charge in [0.2, 0.25) is 0 Å². The van der Waals surface area contributed by atoms with Gasteiger partial charge in [0.25, 0.3) is 0 Å². The van der Waals surface area contributed by atoms with Crippen LogP contribution in [0.15, 0.2) is 0 Å². The van der Waals surface area contributed by atoms with E-state index in [2.05, 4.69) is 46.2 Å². The van der Waals surface area contributed by atoms with Gasteiger partial charge in [0, 0.05) is 17.8 Å². The molecule has 1 N–H and O–H groups in total. The third-order valence-corrected chi connectivity index (χ3v) is 4.62. The molecule has 0 aromatic heterocycles. The van der Waals surface area contributed by atoms with Crippen molar-refractivity contribution in [2.75, 3.05) is 12.8 Å². The zero-order valence-electron chi connectivity index (χ0n) is 11.9. The number of rotatable bonds is 4. The summed E-state index contributed by atoms with van der Waals surface area (Å²) in [5, 5.41) is 4.49. The van der Waals surface area contributed by atoms with Crippen LogP contribution in [-0.2, 0) is 0 Å². The van der Waals surface area contributed by atoms with Gasteiger partial charge in [-0.3, -0.25) is 0 Å². The summed E-state index contributed by atoms with van der Waals surface area (Å²) in [6.07, 6.45) is 6.21. The van der Waals surface area contributed by atoms with Crippen LogP contribution in [-0.4, -0.2) is 24.1 Å². The lowest BCUT2D eigenvalue weighted by atomic mass is 9.63. The first kappa shape index (κ1) is 14.4. The fourth-order valence-corrected chi connectivity index (χ4v) is 3.67. The van der Waals surface area contributed by atoms with E-state index in [0.29, 0.717) is 16.9 Å². The summed E-state index contributed by atoms with van der Waals surface area (Å²) in [6.45, 7) is 13.1. The Morgan fingerprint density at radius 3 is 2.12 bits per heavy atom. The van der Waals surface area contributed by atoms with Crippen LogP contribution >= 0.6 is 11.8 Å². The van der Waals surface area contributed by atoms with Crippen LogP contribution in [0.3, 0.4) is 0 Å². The molecule has 2 heteroatoms. The highest BCUT2D eigenvalue weighted by atomic mass is 32.2. The predicted octanol–water partition coefficient (Wildman–Crippen LogP) is 3.93. The minimum Gasteiger partial charge on any atom is -0.313 e. The molecule has 0 bridgehead atoms. The van der Waals surface area contributed by atoms with E-state index in [1.807, 2.05) is 11.8 Å². The van der Waals surface area contributed by atoms with Gasteiger partial charge < -0.3 is 5.32 Å². The summed E-state index contributed by atoms with van der Waals surface area (Å²) >= 11 is 1.95. The van der Waals surface area contributed by atoms with Crippen LogP contribution in [0.2, 0.25) is 0 Å². The highest BCUT2D eigenvalue weighted by Crippen LogP contribution is 2.45. The Balaban J connectivity index is 2.48. The summed E-state index contributed by atoms with van der Waals surface area (Å²) in [5.74, 6) is 0. The quantitative estimate of drug-likeness (QED) is 0.803. The largest absolute Gasteiger partial charge is 0.313 e. The Kier molecular flexibility index (Phi) is 4.76. The highest BCUT2D eigenvalue weighted by molar-refractivity contribution is 7.99. The number of thioether (sulfide) groups is 1. The van der Waals surface area contributed by atoms with Crippen LogP contribution in [0.25, 0.3) is 0 Å². The molecule has 1 aliphatic carbocycles. The van der Waals surface area contributed by atoms with Gasteiger partial charge in [-0.15, -0.1) is 0 Å². The van der Waals surface area contributed by atoms with E-state index < -0.39 is 0 Å². The van der Waals surface area contributed by atoms with Gasteiger partial charge in [-0.2, -0.15) is 11.8 Å². The average Bonchev–Trinajstić information content (AvgIpc) is 2.09. The minimum absolute atomic E-state index is 0.502. The molecule has 1 aliphatic rings. The molecule has 0 amide bonds. The Hall–Kier alpha value is 0.310. The van der Waals surface area contributed by atoms with Crippen LogP contribution in [0.4, 0.5) is 0 Å². The topological polar surface area (TPSA) is 12.0 Å². The lowest BCUT2D eigenvalue weighted by Crippen LogP contribution is -2.45. The first-order chi connectivity index (χ1) is 7.24. The summed E-state index contributed by atoms with van der Waals surface area (Å²) in [4.78, 5) is 0. The van der Waals surface area contributed by atoms with E-state index in [1.165, 1.54) is 19.3 Å². The van der Waals surface area contributed by atoms with Gasteiger partial charge in [-0.1, -0.05) is 34.6 Å². The first-order valence-electron chi connectivity index (χ1n) is 6.50. The second-order valence-corrected chi connectivity index (χ2v) is 8.34. The molecule has 0 spiro atoms. The van der Waals surface area contributed by atoms with Crippen LogP contribution in [0, 0.1) is 10.8 Å². The highest BCUT2D eigenvalue weighted by Gasteiger charge is 2.38. The first-order valence-corrected chi connectivity index (χ1v) is 7.79. The number of hydrogen-bond donors (Lipinski definition) is 1. The smallest absolute Gasteiger partial charge is 0.0141 e. The molecule has 1 fully saturated rings. The molecule has 1 atom stereocenters. The fraction of sp³-hybridized carbons (Fsp3) is 1.00. The summed E-state index contributed by atoms with van der Waals surface area (Å²) < 4.78 is 0. The molecular formula is C14H29NS. The van der Waals surface area contributed by atoms with Gasteiger partial charge in [-0.05, 0) is 36.3 Å². The van der Waals surface area contributed by atoms with Gasteiger partial charge in [0.15, 0.2) is 0 Å². The maximum absolute atomic E-state index is 3.76. The number of hydrogen-bond acceptors (Lipinski definition) is 2. The third kappa shape index (κ3) is 4.67. The molecule has 96 valence electrons. The summed E-state index contributed by atoms with van der Waals surface area (Å²) in [7, 11) is 0.